The molecule has 70 valence electrons. The van der Waals surface area contributed by atoms with Crippen molar-refractivity contribution in [2.45, 2.75) is 27.2 Å². The zero-order chi connectivity index (χ0) is 9.11. The Hall–Kier alpha value is 0.310. The fourth-order valence-electron chi connectivity index (χ4n) is 0.637. The van der Waals surface area contributed by atoms with Gasteiger partial charge in [-0.2, -0.15) is 11.8 Å². The first-order valence-corrected chi connectivity index (χ1v) is 5.88. The van der Waals surface area contributed by atoms with E-state index in [9.17, 15) is 0 Å². The molecule has 0 radical (unpaired) electrons. The summed E-state index contributed by atoms with van der Waals surface area (Å²) in [6.45, 7) is 8.62. The number of nitrogens with zero attached hydrogens (tertiary/aromatic N) is 1. The second kappa shape index (κ2) is 12.9. The van der Waals surface area contributed by atoms with Crippen molar-refractivity contribution in [1.82, 2.24) is 4.90 Å². The van der Waals surface area contributed by atoms with E-state index in [0.717, 1.165) is 0 Å². The van der Waals surface area contributed by atoms with Gasteiger partial charge in [-0.25, -0.2) is 0 Å². The molecule has 0 heterocycles. The molecule has 0 unspecified atom stereocenters. The summed E-state index contributed by atoms with van der Waals surface area (Å²) in [5.74, 6) is 1.30. The van der Waals surface area contributed by atoms with Crippen molar-refractivity contribution in [3.8, 4) is 0 Å². The van der Waals surface area contributed by atoms with Gasteiger partial charge in [0.25, 0.3) is 0 Å². The van der Waals surface area contributed by atoms with Crippen LogP contribution in [-0.4, -0.2) is 37.0 Å². The molecule has 0 aromatic rings. The SMILES string of the molecule is CC.CCN(C)CCCSC. The van der Waals surface area contributed by atoms with Gasteiger partial charge < -0.3 is 4.90 Å². The van der Waals surface area contributed by atoms with Crippen molar-refractivity contribution in [2.75, 3.05) is 32.1 Å². The second-order valence-corrected chi connectivity index (χ2v) is 3.23. The number of hydrogen-bond donors (Lipinski definition) is 0. The van der Waals surface area contributed by atoms with Crippen LogP contribution >= 0.6 is 11.8 Å². The molecule has 1 nitrogen and oxygen atoms in total. The first-order chi connectivity index (χ1) is 5.31. The Labute approximate surface area is 76.5 Å². The van der Waals surface area contributed by atoms with Crippen LogP contribution in [0.1, 0.15) is 27.2 Å². The van der Waals surface area contributed by atoms with Crippen LogP contribution in [0.3, 0.4) is 0 Å². The van der Waals surface area contributed by atoms with Gasteiger partial charge in [0, 0.05) is 0 Å². The van der Waals surface area contributed by atoms with Crippen LogP contribution in [0.25, 0.3) is 0 Å². The Kier molecular flexibility index (Phi) is 16.3. The minimum Gasteiger partial charge on any atom is -0.307 e. The highest BCUT2D eigenvalue weighted by Crippen LogP contribution is 1.95. The molecule has 0 aliphatic rings. The van der Waals surface area contributed by atoms with Crippen molar-refractivity contribution in [3.63, 3.8) is 0 Å². The van der Waals surface area contributed by atoms with E-state index in [0.29, 0.717) is 0 Å². The van der Waals surface area contributed by atoms with E-state index in [4.69, 9.17) is 0 Å². The maximum absolute atomic E-state index is 2.34. The third-order valence-corrected chi connectivity index (χ3v) is 2.13. The molecular weight excluding hydrogens is 154 g/mol. The number of thioether (sulfide) groups is 1. The zero-order valence-electron chi connectivity index (χ0n) is 8.68. The van der Waals surface area contributed by atoms with Crippen LogP contribution in [0.15, 0.2) is 0 Å². The predicted molar refractivity (Wildman–Crippen MR) is 57.5 cm³/mol. The monoisotopic (exact) mass is 177 g/mol. The Balaban J connectivity index is 0. The molecule has 0 aliphatic carbocycles. The van der Waals surface area contributed by atoms with E-state index in [-0.39, 0.29) is 0 Å². The Morgan fingerprint density at radius 3 is 2.18 bits per heavy atom. The van der Waals surface area contributed by atoms with Gasteiger partial charge in [0.05, 0.1) is 0 Å². The van der Waals surface area contributed by atoms with Crippen molar-refractivity contribution < 1.29 is 0 Å². The normalized spacial score (nSPS) is 9.27. The number of rotatable bonds is 5. The summed E-state index contributed by atoms with van der Waals surface area (Å²) in [4.78, 5) is 2.34. The molecule has 0 bridgehead atoms. The van der Waals surface area contributed by atoms with Gasteiger partial charge in [0.1, 0.15) is 0 Å². The summed E-state index contributed by atoms with van der Waals surface area (Å²) in [5.41, 5.74) is 0. The third-order valence-electron chi connectivity index (χ3n) is 1.43. The van der Waals surface area contributed by atoms with Crippen molar-refractivity contribution in [1.29, 1.82) is 0 Å². The molecule has 0 saturated carbocycles. The van der Waals surface area contributed by atoms with Crippen molar-refractivity contribution in [3.05, 3.63) is 0 Å². The van der Waals surface area contributed by atoms with Gasteiger partial charge in [-0.1, -0.05) is 20.8 Å². The molecule has 0 aromatic carbocycles. The Morgan fingerprint density at radius 1 is 1.27 bits per heavy atom. The summed E-state index contributed by atoms with van der Waals surface area (Å²) >= 11 is 1.93. The second-order valence-electron chi connectivity index (χ2n) is 2.24. The van der Waals surface area contributed by atoms with Gasteiger partial charge in [-0.15, -0.1) is 0 Å². The first-order valence-electron chi connectivity index (χ1n) is 4.48. The van der Waals surface area contributed by atoms with Gasteiger partial charge in [-0.05, 0) is 38.6 Å². The van der Waals surface area contributed by atoms with E-state index in [1.807, 2.05) is 25.6 Å². The summed E-state index contributed by atoms with van der Waals surface area (Å²) in [5, 5.41) is 0. The summed E-state index contributed by atoms with van der Waals surface area (Å²) in [6, 6.07) is 0. The lowest BCUT2D eigenvalue weighted by Gasteiger charge is -2.11. The van der Waals surface area contributed by atoms with Gasteiger partial charge in [0.15, 0.2) is 0 Å². The molecule has 0 amide bonds. The topological polar surface area (TPSA) is 3.24 Å². The van der Waals surface area contributed by atoms with E-state index in [1.165, 1.54) is 25.3 Å². The fraction of sp³-hybridized carbons (Fsp3) is 1.00. The highest BCUT2D eigenvalue weighted by atomic mass is 32.2. The largest absolute Gasteiger partial charge is 0.307 e. The van der Waals surface area contributed by atoms with Gasteiger partial charge in [0.2, 0.25) is 0 Å². The molecule has 2 heteroatoms. The molecular formula is C9H23NS. The predicted octanol–water partition coefficient (Wildman–Crippen LogP) is 2.72. The molecule has 0 rings (SSSR count). The van der Waals surface area contributed by atoms with Gasteiger partial charge >= 0.3 is 0 Å². The third kappa shape index (κ3) is 13.3. The molecule has 0 saturated heterocycles. The van der Waals surface area contributed by atoms with E-state index >= 15 is 0 Å². The van der Waals surface area contributed by atoms with Crippen molar-refractivity contribution in [2.24, 2.45) is 0 Å². The maximum atomic E-state index is 2.34. The summed E-state index contributed by atoms with van der Waals surface area (Å²) in [7, 11) is 2.17. The van der Waals surface area contributed by atoms with Crippen LogP contribution in [0.2, 0.25) is 0 Å². The van der Waals surface area contributed by atoms with Gasteiger partial charge in [-0.3, -0.25) is 0 Å². The zero-order valence-corrected chi connectivity index (χ0v) is 9.50. The molecule has 0 fully saturated rings. The molecule has 0 N–H and O–H groups in total. The lowest BCUT2D eigenvalue weighted by Crippen LogP contribution is -2.19. The fourth-order valence-corrected chi connectivity index (χ4v) is 1.05. The quantitative estimate of drug-likeness (QED) is 0.594. The van der Waals surface area contributed by atoms with Crippen LogP contribution < -0.4 is 0 Å². The van der Waals surface area contributed by atoms with Crippen molar-refractivity contribution >= 4 is 11.8 Å². The lowest BCUT2D eigenvalue weighted by atomic mass is 10.4. The minimum atomic E-state index is 1.17. The van der Waals surface area contributed by atoms with E-state index < -0.39 is 0 Å². The average Bonchev–Trinajstić information content (AvgIpc) is 2.08. The molecule has 0 aliphatic heterocycles. The summed E-state index contributed by atoms with van der Waals surface area (Å²) < 4.78 is 0. The molecule has 0 spiro atoms. The lowest BCUT2D eigenvalue weighted by molar-refractivity contribution is 0.355. The van der Waals surface area contributed by atoms with Crippen LogP contribution in [0, 0.1) is 0 Å². The maximum Gasteiger partial charge on any atom is -0.00140 e. The number of hydrogen-bond acceptors (Lipinski definition) is 2. The smallest absolute Gasteiger partial charge is 0.00140 e. The first kappa shape index (κ1) is 13.9. The highest BCUT2D eigenvalue weighted by molar-refractivity contribution is 7.98. The standard InChI is InChI=1S/C7H17NS.C2H6/c1-4-8(2)6-5-7-9-3;1-2/h4-7H2,1-3H3;1-2H3. The summed E-state index contributed by atoms with van der Waals surface area (Å²) in [6.07, 6.45) is 3.48. The van der Waals surface area contributed by atoms with Crippen LogP contribution in [0.4, 0.5) is 0 Å². The Bertz CT molecular complexity index is 57.5. The minimum absolute atomic E-state index is 1.17. The molecule has 0 aromatic heterocycles. The highest BCUT2D eigenvalue weighted by Gasteiger charge is 1.91. The van der Waals surface area contributed by atoms with Crippen LogP contribution in [0.5, 0.6) is 0 Å². The van der Waals surface area contributed by atoms with Crippen LogP contribution in [-0.2, 0) is 0 Å². The average molecular weight is 177 g/mol. The molecule has 0 atom stereocenters. The molecule has 11 heavy (non-hydrogen) atoms. The Morgan fingerprint density at radius 2 is 1.82 bits per heavy atom. The van der Waals surface area contributed by atoms with E-state index in [2.05, 4.69) is 25.1 Å². The van der Waals surface area contributed by atoms with E-state index in [1.54, 1.807) is 0 Å².